The molecule has 3 heteroatoms. The van der Waals surface area contributed by atoms with Crippen molar-refractivity contribution in [2.75, 3.05) is 6.54 Å². The van der Waals surface area contributed by atoms with Gasteiger partial charge in [-0.15, -0.1) is 0 Å². The van der Waals surface area contributed by atoms with Gasteiger partial charge in [0.05, 0.1) is 0 Å². The van der Waals surface area contributed by atoms with E-state index in [1.807, 2.05) is 18.5 Å². The largest absolute Gasteiger partial charge is 0.310 e. The van der Waals surface area contributed by atoms with E-state index in [0.29, 0.717) is 6.04 Å². The van der Waals surface area contributed by atoms with E-state index in [2.05, 4.69) is 63.5 Å². The molecule has 1 atom stereocenters. The molecular formula is C15H17BrN2. The number of nitrogens with one attached hydrogen (secondary N) is 1. The van der Waals surface area contributed by atoms with Crippen molar-refractivity contribution in [3.8, 4) is 0 Å². The maximum absolute atomic E-state index is 4.20. The molecular weight excluding hydrogens is 288 g/mol. The standard InChI is InChI=1S/C15H17BrN2/c1-2-18-15(13-6-4-8-17-11-13)10-12-5-3-7-14(16)9-12/h3-9,11,15,18H,2,10H2,1H3. The van der Waals surface area contributed by atoms with E-state index < -0.39 is 0 Å². The molecule has 0 aliphatic carbocycles. The van der Waals surface area contributed by atoms with Gasteiger partial charge < -0.3 is 5.32 Å². The lowest BCUT2D eigenvalue weighted by Gasteiger charge is -2.18. The van der Waals surface area contributed by atoms with Crippen molar-refractivity contribution >= 4 is 15.9 Å². The molecule has 0 aliphatic heterocycles. The van der Waals surface area contributed by atoms with Crippen LogP contribution in [0, 0.1) is 0 Å². The fraction of sp³-hybridized carbons (Fsp3) is 0.267. The van der Waals surface area contributed by atoms with Gasteiger partial charge in [-0.05, 0) is 42.3 Å². The second kappa shape index (κ2) is 6.66. The van der Waals surface area contributed by atoms with E-state index in [0.717, 1.165) is 17.4 Å². The van der Waals surface area contributed by atoms with Crippen LogP contribution in [0.3, 0.4) is 0 Å². The molecule has 1 aromatic carbocycles. The molecule has 0 fully saturated rings. The van der Waals surface area contributed by atoms with Gasteiger partial charge in [-0.25, -0.2) is 0 Å². The number of pyridine rings is 1. The maximum atomic E-state index is 4.20. The summed E-state index contributed by atoms with van der Waals surface area (Å²) >= 11 is 3.51. The van der Waals surface area contributed by atoms with Crippen LogP contribution in [0.25, 0.3) is 0 Å². The summed E-state index contributed by atoms with van der Waals surface area (Å²) in [4.78, 5) is 4.20. The fourth-order valence-electron chi connectivity index (χ4n) is 2.04. The number of aromatic nitrogens is 1. The molecule has 1 N–H and O–H groups in total. The maximum Gasteiger partial charge on any atom is 0.0376 e. The van der Waals surface area contributed by atoms with Crippen LogP contribution in [0.5, 0.6) is 0 Å². The van der Waals surface area contributed by atoms with Crippen molar-refractivity contribution in [3.63, 3.8) is 0 Å². The Morgan fingerprint density at radius 1 is 1.28 bits per heavy atom. The highest BCUT2D eigenvalue weighted by Gasteiger charge is 2.11. The minimum absolute atomic E-state index is 0.318. The normalized spacial score (nSPS) is 12.3. The molecule has 0 radical (unpaired) electrons. The molecule has 1 unspecified atom stereocenters. The Morgan fingerprint density at radius 2 is 2.17 bits per heavy atom. The molecule has 0 saturated carbocycles. The van der Waals surface area contributed by atoms with E-state index in [4.69, 9.17) is 0 Å². The van der Waals surface area contributed by atoms with Crippen LogP contribution < -0.4 is 5.32 Å². The van der Waals surface area contributed by atoms with Crippen LogP contribution in [0.2, 0.25) is 0 Å². The average molecular weight is 305 g/mol. The van der Waals surface area contributed by atoms with Gasteiger partial charge >= 0.3 is 0 Å². The minimum Gasteiger partial charge on any atom is -0.310 e. The Hall–Kier alpha value is -1.19. The van der Waals surface area contributed by atoms with Crippen LogP contribution in [-0.2, 0) is 6.42 Å². The molecule has 94 valence electrons. The first kappa shape index (κ1) is 13.2. The number of hydrogen-bond acceptors (Lipinski definition) is 2. The van der Waals surface area contributed by atoms with Crippen molar-refractivity contribution in [2.24, 2.45) is 0 Å². The first-order chi connectivity index (χ1) is 8.79. The monoisotopic (exact) mass is 304 g/mol. The molecule has 2 aromatic rings. The predicted molar refractivity (Wildman–Crippen MR) is 78.5 cm³/mol. The van der Waals surface area contributed by atoms with Gasteiger partial charge in [-0.3, -0.25) is 4.98 Å². The van der Waals surface area contributed by atoms with Crippen molar-refractivity contribution < 1.29 is 0 Å². The van der Waals surface area contributed by atoms with Crippen LogP contribution in [0.1, 0.15) is 24.1 Å². The second-order valence-electron chi connectivity index (χ2n) is 4.23. The van der Waals surface area contributed by atoms with Crippen LogP contribution >= 0.6 is 15.9 Å². The van der Waals surface area contributed by atoms with E-state index in [1.165, 1.54) is 11.1 Å². The van der Waals surface area contributed by atoms with Gasteiger partial charge in [-0.2, -0.15) is 0 Å². The fourth-order valence-corrected chi connectivity index (χ4v) is 2.48. The van der Waals surface area contributed by atoms with Crippen molar-refractivity contribution in [1.29, 1.82) is 0 Å². The highest BCUT2D eigenvalue weighted by atomic mass is 79.9. The van der Waals surface area contributed by atoms with Gasteiger partial charge in [0.2, 0.25) is 0 Å². The van der Waals surface area contributed by atoms with Crippen LogP contribution in [-0.4, -0.2) is 11.5 Å². The number of hydrogen-bond donors (Lipinski definition) is 1. The molecule has 0 amide bonds. The Kier molecular flexibility index (Phi) is 4.90. The number of nitrogens with zero attached hydrogens (tertiary/aromatic N) is 1. The first-order valence-electron chi connectivity index (χ1n) is 6.17. The van der Waals surface area contributed by atoms with Crippen molar-refractivity contribution in [1.82, 2.24) is 10.3 Å². The Morgan fingerprint density at radius 3 is 2.83 bits per heavy atom. The average Bonchev–Trinajstić information content (AvgIpc) is 2.39. The predicted octanol–water partition coefficient (Wildman–Crippen LogP) is 3.74. The van der Waals surface area contributed by atoms with E-state index >= 15 is 0 Å². The lowest BCUT2D eigenvalue weighted by atomic mass is 10.0. The number of likely N-dealkylation sites (N-methyl/N-ethyl adjacent to an activating group) is 1. The molecule has 2 rings (SSSR count). The highest BCUT2D eigenvalue weighted by molar-refractivity contribution is 9.10. The van der Waals surface area contributed by atoms with Crippen molar-refractivity contribution in [3.05, 3.63) is 64.4 Å². The van der Waals surface area contributed by atoms with Crippen LogP contribution in [0.15, 0.2) is 53.3 Å². The quantitative estimate of drug-likeness (QED) is 0.910. The number of rotatable bonds is 5. The summed E-state index contributed by atoms with van der Waals surface area (Å²) in [5.74, 6) is 0. The van der Waals surface area contributed by atoms with Gasteiger partial charge in [0.25, 0.3) is 0 Å². The zero-order valence-electron chi connectivity index (χ0n) is 10.4. The van der Waals surface area contributed by atoms with Crippen LogP contribution in [0.4, 0.5) is 0 Å². The highest BCUT2D eigenvalue weighted by Crippen LogP contribution is 2.20. The van der Waals surface area contributed by atoms with Gasteiger partial charge in [0.1, 0.15) is 0 Å². The molecule has 0 aliphatic rings. The smallest absolute Gasteiger partial charge is 0.0376 e. The van der Waals surface area contributed by atoms with Gasteiger partial charge in [-0.1, -0.05) is 41.1 Å². The summed E-state index contributed by atoms with van der Waals surface area (Å²) in [5, 5.41) is 3.51. The molecule has 2 nitrogen and oxygen atoms in total. The first-order valence-corrected chi connectivity index (χ1v) is 6.96. The van der Waals surface area contributed by atoms with Gasteiger partial charge in [0, 0.05) is 22.9 Å². The summed E-state index contributed by atoms with van der Waals surface area (Å²) in [6.07, 6.45) is 4.72. The lowest BCUT2D eigenvalue weighted by Crippen LogP contribution is -2.23. The summed E-state index contributed by atoms with van der Waals surface area (Å²) in [6.45, 7) is 3.08. The third-order valence-corrected chi connectivity index (χ3v) is 3.36. The number of halogens is 1. The summed E-state index contributed by atoms with van der Waals surface area (Å²) < 4.78 is 1.13. The molecule has 0 saturated heterocycles. The van der Waals surface area contributed by atoms with E-state index in [-0.39, 0.29) is 0 Å². The molecule has 0 spiro atoms. The second-order valence-corrected chi connectivity index (χ2v) is 5.15. The van der Waals surface area contributed by atoms with Crippen molar-refractivity contribution in [2.45, 2.75) is 19.4 Å². The summed E-state index contributed by atoms with van der Waals surface area (Å²) in [7, 11) is 0. The lowest BCUT2D eigenvalue weighted by molar-refractivity contribution is 0.548. The molecule has 18 heavy (non-hydrogen) atoms. The molecule has 1 heterocycles. The molecule has 1 aromatic heterocycles. The zero-order valence-corrected chi connectivity index (χ0v) is 12.0. The Labute approximate surface area is 117 Å². The third-order valence-electron chi connectivity index (χ3n) is 2.87. The summed E-state index contributed by atoms with van der Waals surface area (Å²) in [6, 6.07) is 12.9. The zero-order chi connectivity index (χ0) is 12.8. The Balaban J connectivity index is 2.16. The molecule has 0 bridgehead atoms. The topological polar surface area (TPSA) is 24.9 Å². The Bertz CT molecular complexity index is 485. The minimum atomic E-state index is 0.318. The summed E-state index contributed by atoms with van der Waals surface area (Å²) in [5.41, 5.74) is 2.55. The third kappa shape index (κ3) is 3.65. The van der Waals surface area contributed by atoms with E-state index in [9.17, 15) is 0 Å². The number of benzene rings is 1. The van der Waals surface area contributed by atoms with E-state index in [1.54, 1.807) is 0 Å². The SMILES string of the molecule is CCNC(Cc1cccc(Br)c1)c1cccnc1. The van der Waals surface area contributed by atoms with Gasteiger partial charge in [0.15, 0.2) is 0 Å².